The summed E-state index contributed by atoms with van der Waals surface area (Å²) < 4.78 is 21.5. The molecule has 4 aromatic rings. The lowest BCUT2D eigenvalue weighted by molar-refractivity contribution is 0.173. The first-order valence-electron chi connectivity index (χ1n) is 10.7. The molecule has 1 aliphatic heterocycles. The number of aromatic nitrogens is 2. The maximum atomic E-state index is 14.2. The van der Waals surface area contributed by atoms with Crippen LogP contribution in [0.25, 0.3) is 27.9 Å². The molecule has 0 amide bonds. The molecule has 1 saturated heterocycles. The Morgan fingerprint density at radius 1 is 1.19 bits per heavy atom. The van der Waals surface area contributed by atoms with Gasteiger partial charge in [0.1, 0.15) is 5.58 Å². The Kier molecular flexibility index (Phi) is 3.99. The molecule has 1 saturated carbocycles. The van der Waals surface area contributed by atoms with Crippen LogP contribution in [0.3, 0.4) is 0 Å². The normalized spacial score (nSPS) is 18.1. The fourth-order valence-electron chi connectivity index (χ4n) is 4.91. The third-order valence-corrected chi connectivity index (χ3v) is 6.69. The first-order valence-corrected chi connectivity index (χ1v) is 10.7. The number of rotatable bonds is 2. The van der Waals surface area contributed by atoms with E-state index in [1.807, 2.05) is 19.1 Å². The molecule has 6 nitrogen and oxygen atoms in total. The van der Waals surface area contributed by atoms with Gasteiger partial charge in [0.05, 0.1) is 11.3 Å². The van der Waals surface area contributed by atoms with E-state index in [1.54, 1.807) is 22.9 Å². The van der Waals surface area contributed by atoms with Crippen molar-refractivity contribution in [2.24, 2.45) is 0 Å². The van der Waals surface area contributed by atoms with Crippen LogP contribution in [0.1, 0.15) is 24.8 Å². The van der Waals surface area contributed by atoms with E-state index in [-0.39, 0.29) is 11.2 Å². The number of halogens is 1. The Labute approximate surface area is 178 Å². The smallest absolute Gasteiger partial charge is 0.345 e. The number of piperazine rings is 1. The van der Waals surface area contributed by atoms with E-state index < -0.39 is 11.4 Å². The van der Waals surface area contributed by atoms with Gasteiger partial charge in [-0.25, -0.2) is 14.2 Å². The zero-order valence-electron chi connectivity index (χ0n) is 17.3. The van der Waals surface area contributed by atoms with Crippen molar-refractivity contribution in [2.75, 3.05) is 24.5 Å². The zero-order chi connectivity index (χ0) is 21.2. The van der Waals surface area contributed by atoms with Crippen LogP contribution >= 0.6 is 0 Å². The van der Waals surface area contributed by atoms with Gasteiger partial charge in [-0.05, 0) is 56.0 Å². The molecule has 31 heavy (non-hydrogen) atoms. The predicted molar refractivity (Wildman–Crippen MR) is 118 cm³/mol. The molecule has 6 rings (SSSR count). The summed E-state index contributed by atoms with van der Waals surface area (Å²) in [6, 6.07) is 9.22. The number of imidazole rings is 1. The standard InChI is InChI=1S/C24H23FN4O2/c1-15-9-19(25)22-27-20(13-29(22)12-15)18-10-16-3-4-17(11-21(16)31-23(18)30)28-8-7-26-24(14-28)5-2-6-24/h3-4,9-13,26H,2,5-8,14H2,1H3. The number of benzene rings is 1. The number of nitrogens with zero attached hydrogens (tertiary/aromatic N) is 3. The van der Waals surface area contributed by atoms with Gasteiger partial charge in [0.15, 0.2) is 11.5 Å². The topological polar surface area (TPSA) is 62.8 Å². The van der Waals surface area contributed by atoms with Crippen molar-refractivity contribution in [3.05, 3.63) is 64.5 Å². The Bertz CT molecular complexity index is 1390. The Morgan fingerprint density at radius 3 is 2.87 bits per heavy atom. The van der Waals surface area contributed by atoms with Crippen molar-refractivity contribution in [3.8, 4) is 11.3 Å². The van der Waals surface area contributed by atoms with Gasteiger partial charge in [0.25, 0.3) is 0 Å². The number of hydrogen-bond acceptors (Lipinski definition) is 5. The Hall–Kier alpha value is -3.19. The third-order valence-electron chi connectivity index (χ3n) is 6.69. The molecule has 1 aromatic carbocycles. The highest BCUT2D eigenvalue weighted by molar-refractivity contribution is 5.84. The van der Waals surface area contributed by atoms with Crippen LogP contribution in [0.2, 0.25) is 0 Å². The largest absolute Gasteiger partial charge is 0.422 e. The minimum Gasteiger partial charge on any atom is -0.422 e. The van der Waals surface area contributed by atoms with E-state index in [1.165, 1.54) is 25.3 Å². The molecule has 0 unspecified atom stereocenters. The summed E-state index contributed by atoms with van der Waals surface area (Å²) in [5.74, 6) is -0.415. The predicted octanol–water partition coefficient (Wildman–Crippen LogP) is 3.89. The fraction of sp³-hybridized carbons (Fsp3) is 0.333. The quantitative estimate of drug-likeness (QED) is 0.501. The summed E-state index contributed by atoms with van der Waals surface area (Å²) in [6.07, 6.45) is 7.16. The zero-order valence-corrected chi connectivity index (χ0v) is 17.3. The van der Waals surface area contributed by atoms with Crippen molar-refractivity contribution in [3.63, 3.8) is 0 Å². The SMILES string of the molecule is Cc1cc(F)c2nc(-c3cc4ccc(N5CCNC6(CCC6)C5)cc4oc3=O)cn2c1. The summed E-state index contributed by atoms with van der Waals surface area (Å²) in [4.78, 5) is 19.5. The minimum absolute atomic E-state index is 0.194. The molecule has 158 valence electrons. The van der Waals surface area contributed by atoms with Crippen LogP contribution in [-0.4, -0.2) is 34.6 Å². The van der Waals surface area contributed by atoms with E-state index in [0.29, 0.717) is 16.8 Å². The number of anilines is 1. The van der Waals surface area contributed by atoms with Crippen molar-refractivity contribution >= 4 is 22.3 Å². The summed E-state index contributed by atoms with van der Waals surface area (Å²) >= 11 is 0. The highest BCUT2D eigenvalue weighted by Crippen LogP contribution is 2.36. The van der Waals surface area contributed by atoms with Crippen LogP contribution in [0, 0.1) is 12.7 Å². The highest BCUT2D eigenvalue weighted by Gasteiger charge is 2.40. The van der Waals surface area contributed by atoms with Crippen molar-refractivity contribution in [2.45, 2.75) is 31.7 Å². The minimum atomic E-state index is -0.471. The van der Waals surface area contributed by atoms with Gasteiger partial charge in [-0.2, -0.15) is 0 Å². The molecular formula is C24H23FN4O2. The number of fused-ring (bicyclic) bond motifs is 2. The van der Waals surface area contributed by atoms with Gasteiger partial charge in [0, 0.05) is 54.7 Å². The molecule has 1 aliphatic carbocycles. The second kappa shape index (κ2) is 6.65. The molecule has 1 spiro atoms. The molecule has 7 heteroatoms. The van der Waals surface area contributed by atoms with Gasteiger partial charge in [-0.3, -0.25) is 0 Å². The lowest BCUT2D eigenvalue weighted by Crippen LogP contribution is -2.64. The van der Waals surface area contributed by atoms with Gasteiger partial charge in [-0.15, -0.1) is 0 Å². The summed E-state index contributed by atoms with van der Waals surface area (Å²) in [7, 11) is 0. The van der Waals surface area contributed by atoms with Crippen LogP contribution in [0.4, 0.5) is 10.1 Å². The van der Waals surface area contributed by atoms with Crippen LogP contribution < -0.4 is 15.8 Å². The maximum absolute atomic E-state index is 14.2. The van der Waals surface area contributed by atoms with Gasteiger partial charge >= 0.3 is 5.63 Å². The average Bonchev–Trinajstić information content (AvgIpc) is 3.16. The molecule has 0 bridgehead atoms. The van der Waals surface area contributed by atoms with E-state index in [0.717, 1.165) is 36.3 Å². The number of hydrogen-bond donors (Lipinski definition) is 1. The first-order chi connectivity index (χ1) is 15.0. The lowest BCUT2D eigenvalue weighted by Gasteiger charge is -2.50. The van der Waals surface area contributed by atoms with E-state index >= 15 is 0 Å². The summed E-state index contributed by atoms with van der Waals surface area (Å²) in [5.41, 5.74) is 3.10. The molecule has 2 aliphatic rings. The average molecular weight is 418 g/mol. The summed E-state index contributed by atoms with van der Waals surface area (Å²) in [6.45, 7) is 4.69. The van der Waals surface area contributed by atoms with Gasteiger partial charge < -0.3 is 19.0 Å². The number of nitrogens with one attached hydrogen (secondary N) is 1. The fourth-order valence-corrected chi connectivity index (χ4v) is 4.91. The van der Waals surface area contributed by atoms with Crippen LogP contribution in [0.15, 0.2) is 51.9 Å². The van der Waals surface area contributed by atoms with E-state index in [9.17, 15) is 9.18 Å². The number of aryl methyl sites for hydroxylation is 1. The van der Waals surface area contributed by atoms with Gasteiger partial charge in [-0.1, -0.05) is 0 Å². The van der Waals surface area contributed by atoms with E-state index in [4.69, 9.17) is 4.42 Å². The van der Waals surface area contributed by atoms with Crippen molar-refractivity contribution in [1.29, 1.82) is 0 Å². The Balaban J connectivity index is 1.38. The molecule has 1 N–H and O–H groups in total. The second-order valence-electron chi connectivity index (χ2n) is 8.87. The molecule has 2 fully saturated rings. The van der Waals surface area contributed by atoms with Crippen molar-refractivity contribution < 1.29 is 8.81 Å². The van der Waals surface area contributed by atoms with E-state index in [2.05, 4.69) is 21.3 Å². The Morgan fingerprint density at radius 2 is 2.06 bits per heavy atom. The monoisotopic (exact) mass is 418 g/mol. The highest BCUT2D eigenvalue weighted by atomic mass is 19.1. The van der Waals surface area contributed by atoms with Gasteiger partial charge in [0.2, 0.25) is 0 Å². The molecule has 3 aromatic heterocycles. The number of pyridine rings is 1. The molecule has 4 heterocycles. The molecule has 0 atom stereocenters. The maximum Gasteiger partial charge on any atom is 0.345 e. The third kappa shape index (κ3) is 3.03. The molecule has 0 radical (unpaired) electrons. The van der Waals surface area contributed by atoms with Crippen LogP contribution in [0.5, 0.6) is 0 Å². The van der Waals surface area contributed by atoms with Crippen molar-refractivity contribution in [1.82, 2.24) is 14.7 Å². The summed E-state index contributed by atoms with van der Waals surface area (Å²) in [5, 5.41) is 4.49. The first kappa shape index (κ1) is 18.6. The lowest BCUT2D eigenvalue weighted by atomic mass is 9.75. The molecular weight excluding hydrogens is 395 g/mol. The van der Waals surface area contributed by atoms with Crippen LogP contribution in [-0.2, 0) is 0 Å². The second-order valence-corrected chi connectivity index (χ2v) is 8.87.